The highest BCUT2D eigenvalue weighted by Gasteiger charge is 2.07. The van der Waals surface area contributed by atoms with Crippen molar-refractivity contribution in [1.29, 1.82) is 0 Å². The van der Waals surface area contributed by atoms with Gasteiger partial charge >= 0.3 is 0 Å². The Morgan fingerprint density at radius 2 is 2.04 bits per heavy atom. The van der Waals surface area contributed by atoms with Gasteiger partial charge in [-0.2, -0.15) is 0 Å². The third-order valence-electron chi connectivity index (χ3n) is 4.41. The summed E-state index contributed by atoms with van der Waals surface area (Å²) in [5.74, 6) is 2.34. The Bertz CT molecular complexity index is 634. The number of aromatic nitrogens is 2. The highest BCUT2D eigenvalue weighted by Crippen LogP contribution is 2.12. The summed E-state index contributed by atoms with van der Waals surface area (Å²) in [4.78, 5) is 12.7. The second kappa shape index (κ2) is 13.8. The first-order valence-electron chi connectivity index (χ1n) is 9.83. The van der Waals surface area contributed by atoms with E-state index in [1.54, 1.807) is 0 Å². The maximum absolute atomic E-state index is 9.18. The summed E-state index contributed by atoms with van der Waals surface area (Å²) in [5, 5.41) is 15.9. The van der Waals surface area contributed by atoms with Crippen molar-refractivity contribution in [2.24, 2.45) is 10.9 Å². The summed E-state index contributed by atoms with van der Waals surface area (Å²) < 4.78 is 0. The molecule has 0 fully saturated rings. The van der Waals surface area contributed by atoms with Crippen molar-refractivity contribution >= 4 is 41.0 Å². The monoisotopic (exact) mass is 487 g/mol. The molecular formula is C20H34IN5O. The van der Waals surface area contributed by atoms with E-state index in [9.17, 15) is 5.11 Å². The van der Waals surface area contributed by atoms with Gasteiger partial charge in [-0.3, -0.25) is 4.99 Å². The number of aliphatic hydroxyl groups excluding tert-OH is 1. The Hall–Kier alpha value is -1.35. The van der Waals surface area contributed by atoms with E-state index in [-0.39, 0.29) is 30.6 Å². The number of hydrogen-bond donors (Lipinski definition) is 4. The summed E-state index contributed by atoms with van der Waals surface area (Å²) in [5.41, 5.74) is 2.12. The zero-order valence-electron chi connectivity index (χ0n) is 16.5. The normalized spacial score (nSPS) is 12.6. The number of nitrogens with one attached hydrogen (secondary N) is 3. The minimum Gasteiger partial charge on any atom is -0.396 e. The molecule has 2 aromatic rings. The van der Waals surface area contributed by atoms with Crippen LogP contribution in [0.25, 0.3) is 11.0 Å². The Labute approximate surface area is 179 Å². The van der Waals surface area contributed by atoms with Crippen LogP contribution in [-0.4, -0.2) is 47.3 Å². The molecule has 0 aliphatic carbocycles. The van der Waals surface area contributed by atoms with Gasteiger partial charge in [0, 0.05) is 32.7 Å². The van der Waals surface area contributed by atoms with Crippen LogP contribution in [-0.2, 0) is 6.42 Å². The van der Waals surface area contributed by atoms with Crippen LogP contribution in [0.2, 0.25) is 0 Å². The molecule has 0 spiro atoms. The number of aromatic amines is 1. The predicted octanol–water partition coefficient (Wildman–Crippen LogP) is 3.47. The molecule has 6 nitrogen and oxygen atoms in total. The molecule has 1 aromatic carbocycles. The molecule has 0 saturated heterocycles. The lowest BCUT2D eigenvalue weighted by Gasteiger charge is -2.15. The number of aliphatic hydroxyl groups is 1. The van der Waals surface area contributed by atoms with E-state index >= 15 is 0 Å². The molecule has 1 aromatic heterocycles. The van der Waals surface area contributed by atoms with Crippen molar-refractivity contribution in [1.82, 2.24) is 20.6 Å². The van der Waals surface area contributed by atoms with Crippen LogP contribution in [0.5, 0.6) is 0 Å². The second-order valence-corrected chi connectivity index (χ2v) is 6.62. The molecule has 0 aliphatic heterocycles. The van der Waals surface area contributed by atoms with E-state index in [1.807, 2.05) is 18.2 Å². The molecule has 0 bridgehead atoms. The first-order chi connectivity index (χ1) is 12.8. The van der Waals surface area contributed by atoms with Gasteiger partial charge in [0.15, 0.2) is 5.96 Å². The zero-order chi connectivity index (χ0) is 18.6. The van der Waals surface area contributed by atoms with E-state index in [4.69, 9.17) is 4.99 Å². The molecule has 7 heteroatoms. The third-order valence-corrected chi connectivity index (χ3v) is 4.41. The Kier molecular flexibility index (Phi) is 12.1. The van der Waals surface area contributed by atoms with Gasteiger partial charge in [-0.1, -0.05) is 25.5 Å². The van der Waals surface area contributed by atoms with Crippen molar-refractivity contribution in [3.63, 3.8) is 0 Å². The molecule has 2 rings (SSSR count). The standard InChI is InChI=1S/C20H33N5O.HI/c1-3-8-16(12-14-26)15-23-20(21-4-2)22-13-7-11-19-24-17-9-5-6-10-18(17)25-19;/h5-6,9-10,16,26H,3-4,7-8,11-15H2,1-2H3,(H,24,25)(H2,21,22,23);1H. The number of aryl methyl sites for hydroxylation is 1. The van der Waals surface area contributed by atoms with E-state index in [2.05, 4.69) is 40.5 Å². The van der Waals surface area contributed by atoms with E-state index < -0.39 is 0 Å². The van der Waals surface area contributed by atoms with E-state index in [0.29, 0.717) is 5.92 Å². The first-order valence-corrected chi connectivity index (χ1v) is 9.83. The van der Waals surface area contributed by atoms with Crippen molar-refractivity contribution in [2.75, 3.05) is 26.2 Å². The maximum atomic E-state index is 9.18. The molecule has 0 amide bonds. The molecule has 0 aliphatic rings. The van der Waals surface area contributed by atoms with Crippen LogP contribution in [0.3, 0.4) is 0 Å². The van der Waals surface area contributed by atoms with Crippen molar-refractivity contribution < 1.29 is 5.11 Å². The SMILES string of the molecule is CCCC(CCO)CN=C(NCC)NCCCc1nc2ccccc2[nH]1.I. The molecule has 27 heavy (non-hydrogen) atoms. The number of nitrogens with zero attached hydrogens (tertiary/aromatic N) is 2. The molecule has 0 radical (unpaired) electrons. The highest BCUT2D eigenvalue weighted by atomic mass is 127. The number of benzene rings is 1. The largest absolute Gasteiger partial charge is 0.396 e. The number of halogens is 1. The molecule has 0 saturated carbocycles. The van der Waals surface area contributed by atoms with Gasteiger partial charge in [0.25, 0.3) is 0 Å². The van der Waals surface area contributed by atoms with Crippen molar-refractivity contribution in [2.45, 2.75) is 46.0 Å². The van der Waals surface area contributed by atoms with Gasteiger partial charge in [-0.05, 0) is 44.2 Å². The fourth-order valence-electron chi connectivity index (χ4n) is 3.07. The number of aliphatic imine (C=N–C) groups is 1. The third kappa shape index (κ3) is 8.47. The number of hydrogen-bond acceptors (Lipinski definition) is 3. The minimum atomic E-state index is 0. The number of para-hydroxylation sites is 2. The summed E-state index contributed by atoms with van der Waals surface area (Å²) in [7, 11) is 0. The second-order valence-electron chi connectivity index (χ2n) is 6.62. The Morgan fingerprint density at radius 1 is 1.22 bits per heavy atom. The highest BCUT2D eigenvalue weighted by molar-refractivity contribution is 14.0. The van der Waals surface area contributed by atoms with Crippen LogP contribution in [0.1, 0.15) is 45.4 Å². The van der Waals surface area contributed by atoms with Crippen molar-refractivity contribution in [3.8, 4) is 0 Å². The molecule has 1 atom stereocenters. The Balaban J connectivity index is 0.00000364. The number of imidazole rings is 1. The van der Waals surface area contributed by atoms with Gasteiger partial charge in [0.1, 0.15) is 5.82 Å². The van der Waals surface area contributed by atoms with Crippen LogP contribution >= 0.6 is 24.0 Å². The van der Waals surface area contributed by atoms with Crippen LogP contribution in [0.4, 0.5) is 0 Å². The van der Waals surface area contributed by atoms with Crippen LogP contribution < -0.4 is 10.6 Å². The lowest BCUT2D eigenvalue weighted by Crippen LogP contribution is -2.38. The lowest BCUT2D eigenvalue weighted by atomic mass is 10.0. The zero-order valence-corrected chi connectivity index (χ0v) is 18.8. The quantitative estimate of drug-likeness (QED) is 0.169. The van der Waals surface area contributed by atoms with E-state index in [0.717, 1.165) is 74.6 Å². The molecule has 4 N–H and O–H groups in total. The van der Waals surface area contributed by atoms with E-state index in [1.165, 1.54) is 0 Å². The number of fused-ring (bicyclic) bond motifs is 1. The van der Waals surface area contributed by atoms with Gasteiger partial charge in [-0.25, -0.2) is 4.98 Å². The number of rotatable bonds is 11. The smallest absolute Gasteiger partial charge is 0.191 e. The predicted molar refractivity (Wildman–Crippen MR) is 124 cm³/mol. The average Bonchev–Trinajstić information content (AvgIpc) is 3.06. The summed E-state index contributed by atoms with van der Waals surface area (Å²) >= 11 is 0. The van der Waals surface area contributed by atoms with Gasteiger partial charge in [0.05, 0.1) is 11.0 Å². The summed E-state index contributed by atoms with van der Waals surface area (Å²) in [6.45, 7) is 6.93. The minimum absolute atomic E-state index is 0. The van der Waals surface area contributed by atoms with Crippen LogP contribution in [0, 0.1) is 5.92 Å². The Morgan fingerprint density at radius 3 is 2.74 bits per heavy atom. The molecule has 152 valence electrons. The van der Waals surface area contributed by atoms with Gasteiger partial charge in [0.2, 0.25) is 0 Å². The summed E-state index contributed by atoms with van der Waals surface area (Å²) in [6, 6.07) is 8.12. The molecule has 1 heterocycles. The van der Waals surface area contributed by atoms with Crippen molar-refractivity contribution in [3.05, 3.63) is 30.1 Å². The maximum Gasteiger partial charge on any atom is 0.191 e. The molecule has 1 unspecified atom stereocenters. The topological polar surface area (TPSA) is 85.3 Å². The lowest BCUT2D eigenvalue weighted by molar-refractivity contribution is 0.253. The van der Waals surface area contributed by atoms with Gasteiger partial charge in [-0.15, -0.1) is 24.0 Å². The number of H-pyrrole nitrogens is 1. The summed E-state index contributed by atoms with van der Waals surface area (Å²) in [6.07, 6.45) is 4.95. The average molecular weight is 487 g/mol. The fraction of sp³-hybridized carbons (Fsp3) is 0.600. The van der Waals surface area contributed by atoms with Gasteiger partial charge < -0.3 is 20.7 Å². The molecular weight excluding hydrogens is 453 g/mol. The number of guanidine groups is 1. The first kappa shape index (κ1) is 23.7. The van der Waals surface area contributed by atoms with Crippen LogP contribution in [0.15, 0.2) is 29.3 Å². The fourth-order valence-corrected chi connectivity index (χ4v) is 3.07.